The second kappa shape index (κ2) is 12.3. The summed E-state index contributed by atoms with van der Waals surface area (Å²) in [6.45, 7) is 8.64. The van der Waals surface area contributed by atoms with Crippen LogP contribution in [-0.2, 0) is 25.6 Å². The molecule has 0 radical (unpaired) electrons. The number of benzene rings is 1. The van der Waals surface area contributed by atoms with E-state index in [1.807, 2.05) is 44.3 Å². The maximum absolute atomic E-state index is 12.9. The van der Waals surface area contributed by atoms with Crippen LogP contribution in [0.5, 0.6) is 0 Å². The fourth-order valence-electron chi connectivity index (χ4n) is 3.78. The number of amides is 3. The van der Waals surface area contributed by atoms with Crippen LogP contribution in [0, 0.1) is 11.8 Å². The van der Waals surface area contributed by atoms with Crippen LogP contribution in [0.2, 0.25) is 0 Å². The standard InChI is InChI=1S/C25H37N5O5/c1-13(2)10-20(24(33)28-15(5)22(31)30-21(14(3)4)25(34)35)29-23(32)18(26)11-16-12-27-19-9-7-6-8-17(16)19/h6-9,12-15,18,20-21,27H,10-11,26H2,1-5H3,(H,28,33)(H,29,32)(H,30,31)(H,34,35). The summed E-state index contributed by atoms with van der Waals surface area (Å²) in [7, 11) is 0. The van der Waals surface area contributed by atoms with Crippen molar-refractivity contribution in [3.8, 4) is 0 Å². The lowest BCUT2D eigenvalue weighted by molar-refractivity contribution is -0.143. The van der Waals surface area contributed by atoms with E-state index in [-0.39, 0.29) is 18.3 Å². The molecule has 35 heavy (non-hydrogen) atoms. The fourth-order valence-corrected chi connectivity index (χ4v) is 3.78. The number of aromatic amines is 1. The number of nitrogens with one attached hydrogen (secondary N) is 4. The number of fused-ring (bicyclic) bond motifs is 1. The molecule has 1 heterocycles. The van der Waals surface area contributed by atoms with Crippen molar-refractivity contribution in [2.45, 2.75) is 71.6 Å². The van der Waals surface area contributed by atoms with E-state index in [1.54, 1.807) is 13.8 Å². The van der Waals surface area contributed by atoms with Crippen LogP contribution in [-0.4, -0.2) is 57.9 Å². The zero-order chi connectivity index (χ0) is 26.3. The van der Waals surface area contributed by atoms with Gasteiger partial charge in [-0.3, -0.25) is 14.4 Å². The molecule has 0 fully saturated rings. The van der Waals surface area contributed by atoms with Gasteiger partial charge in [0.05, 0.1) is 6.04 Å². The lowest BCUT2D eigenvalue weighted by Gasteiger charge is -2.25. The SMILES string of the molecule is CC(C)CC(NC(=O)C(N)Cc1c[nH]c2ccccc12)C(=O)NC(C)C(=O)NC(C(=O)O)C(C)C. The van der Waals surface area contributed by atoms with E-state index in [0.717, 1.165) is 16.5 Å². The molecule has 0 saturated heterocycles. The highest BCUT2D eigenvalue weighted by atomic mass is 16.4. The summed E-state index contributed by atoms with van der Waals surface area (Å²) in [5.74, 6) is -3.03. The summed E-state index contributed by atoms with van der Waals surface area (Å²) in [4.78, 5) is 52.7. The Labute approximate surface area is 205 Å². The molecule has 7 N–H and O–H groups in total. The molecule has 4 atom stereocenters. The summed E-state index contributed by atoms with van der Waals surface area (Å²) in [6, 6.07) is 3.87. The van der Waals surface area contributed by atoms with E-state index in [9.17, 15) is 24.3 Å². The lowest BCUT2D eigenvalue weighted by Crippen LogP contribution is -2.57. The van der Waals surface area contributed by atoms with Crippen LogP contribution in [0.4, 0.5) is 0 Å². The molecule has 0 aliphatic carbocycles. The third-order valence-electron chi connectivity index (χ3n) is 5.77. The summed E-state index contributed by atoms with van der Waals surface area (Å²) in [5.41, 5.74) is 8.01. The average molecular weight is 488 g/mol. The van der Waals surface area contributed by atoms with Gasteiger partial charge in [-0.15, -0.1) is 0 Å². The number of carboxylic acid groups (broad SMARTS) is 1. The highest BCUT2D eigenvalue weighted by Gasteiger charge is 2.30. The van der Waals surface area contributed by atoms with E-state index in [4.69, 9.17) is 5.73 Å². The summed E-state index contributed by atoms with van der Waals surface area (Å²) in [5, 5.41) is 18.0. The highest BCUT2D eigenvalue weighted by Crippen LogP contribution is 2.19. The Hall–Kier alpha value is -3.40. The minimum Gasteiger partial charge on any atom is -0.480 e. The van der Waals surface area contributed by atoms with Gasteiger partial charge in [-0.05, 0) is 43.2 Å². The molecule has 4 unspecified atom stereocenters. The molecular weight excluding hydrogens is 450 g/mol. The molecule has 2 rings (SSSR count). The Kier molecular flexibility index (Phi) is 9.82. The van der Waals surface area contributed by atoms with Gasteiger partial charge < -0.3 is 31.8 Å². The fraction of sp³-hybridized carbons (Fsp3) is 0.520. The molecule has 10 nitrogen and oxygen atoms in total. The van der Waals surface area contributed by atoms with Crippen LogP contribution in [0.15, 0.2) is 30.5 Å². The number of carbonyl (C=O) groups is 4. The number of para-hydroxylation sites is 1. The first kappa shape index (κ1) is 27.8. The molecule has 0 spiro atoms. The van der Waals surface area contributed by atoms with Gasteiger partial charge in [0.15, 0.2) is 0 Å². The van der Waals surface area contributed by atoms with Crippen molar-refractivity contribution in [3.05, 3.63) is 36.0 Å². The normalized spacial score (nSPS) is 14.9. The second-order valence-corrected chi connectivity index (χ2v) is 9.66. The molecule has 0 aliphatic heterocycles. The average Bonchev–Trinajstić information content (AvgIpc) is 3.18. The van der Waals surface area contributed by atoms with Crippen molar-refractivity contribution in [1.29, 1.82) is 0 Å². The number of aromatic nitrogens is 1. The number of rotatable bonds is 12. The number of nitrogens with two attached hydrogens (primary N) is 1. The predicted molar refractivity (Wildman–Crippen MR) is 133 cm³/mol. The van der Waals surface area contributed by atoms with Crippen molar-refractivity contribution in [3.63, 3.8) is 0 Å². The van der Waals surface area contributed by atoms with Gasteiger partial charge in [-0.25, -0.2) is 4.79 Å². The number of carbonyl (C=O) groups excluding carboxylic acids is 3. The van der Waals surface area contributed by atoms with Gasteiger partial charge in [-0.1, -0.05) is 45.9 Å². The first-order valence-corrected chi connectivity index (χ1v) is 11.8. The topological polar surface area (TPSA) is 166 Å². The minimum absolute atomic E-state index is 0.0809. The van der Waals surface area contributed by atoms with Gasteiger partial charge in [0.1, 0.15) is 18.1 Å². The van der Waals surface area contributed by atoms with Gasteiger partial charge in [-0.2, -0.15) is 0 Å². The highest BCUT2D eigenvalue weighted by molar-refractivity contribution is 5.94. The molecule has 10 heteroatoms. The smallest absolute Gasteiger partial charge is 0.326 e. The van der Waals surface area contributed by atoms with E-state index in [2.05, 4.69) is 20.9 Å². The van der Waals surface area contributed by atoms with Crippen molar-refractivity contribution < 1.29 is 24.3 Å². The quantitative estimate of drug-likeness (QED) is 0.264. The van der Waals surface area contributed by atoms with E-state index in [0.29, 0.717) is 6.42 Å². The first-order valence-electron chi connectivity index (χ1n) is 11.8. The minimum atomic E-state index is -1.15. The maximum Gasteiger partial charge on any atom is 0.326 e. The number of H-pyrrole nitrogens is 1. The summed E-state index contributed by atoms with van der Waals surface area (Å²) in [6.07, 6.45) is 2.45. The Bertz CT molecular complexity index is 1050. The van der Waals surface area contributed by atoms with Gasteiger partial charge >= 0.3 is 5.97 Å². The largest absolute Gasteiger partial charge is 0.480 e. The zero-order valence-corrected chi connectivity index (χ0v) is 20.9. The van der Waals surface area contributed by atoms with Gasteiger partial charge in [0, 0.05) is 17.1 Å². The van der Waals surface area contributed by atoms with E-state index in [1.165, 1.54) is 6.92 Å². The molecule has 0 bridgehead atoms. The molecule has 3 amide bonds. The molecular formula is C25H37N5O5. The second-order valence-electron chi connectivity index (χ2n) is 9.66. The summed E-state index contributed by atoms with van der Waals surface area (Å²) < 4.78 is 0. The molecule has 1 aromatic carbocycles. The van der Waals surface area contributed by atoms with Crippen LogP contribution >= 0.6 is 0 Å². The van der Waals surface area contributed by atoms with Crippen molar-refractivity contribution in [2.75, 3.05) is 0 Å². The van der Waals surface area contributed by atoms with Gasteiger partial charge in [0.2, 0.25) is 17.7 Å². The Morgan fingerprint density at radius 1 is 0.943 bits per heavy atom. The maximum atomic E-state index is 12.9. The number of hydrogen-bond acceptors (Lipinski definition) is 5. The van der Waals surface area contributed by atoms with Crippen LogP contribution in [0.3, 0.4) is 0 Å². The van der Waals surface area contributed by atoms with E-state index < -0.39 is 47.9 Å². The Balaban J connectivity index is 2.02. The Morgan fingerprint density at radius 2 is 1.60 bits per heavy atom. The number of carboxylic acids is 1. The lowest BCUT2D eigenvalue weighted by atomic mass is 10.0. The number of hydrogen-bond donors (Lipinski definition) is 6. The van der Waals surface area contributed by atoms with Crippen LogP contribution in [0.25, 0.3) is 10.9 Å². The molecule has 192 valence electrons. The summed E-state index contributed by atoms with van der Waals surface area (Å²) >= 11 is 0. The zero-order valence-electron chi connectivity index (χ0n) is 20.9. The van der Waals surface area contributed by atoms with E-state index >= 15 is 0 Å². The third-order valence-corrected chi connectivity index (χ3v) is 5.77. The molecule has 1 aromatic heterocycles. The van der Waals surface area contributed by atoms with Crippen molar-refractivity contribution in [2.24, 2.45) is 17.6 Å². The van der Waals surface area contributed by atoms with Crippen molar-refractivity contribution in [1.82, 2.24) is 20.9 Å². The molecule has 0 saturated carbocycles. The van der Waals surface area contributed by atoms with Gasteiger partial charge in [0.25, 0.3) is 0 Å². The number of aliphatic carboxylic acids is 1. The van der Waals surface area contributed by atoms with Crippen molar-refractivity contribution >= 4 is 34.6 Å². The van der Waals surface area contributed by atoms with Crippen LogP contribution in [0.1, 0.15) is 46.6 Å². The Morgan fingerprint density at radius 3 is 2.20 bits per heavy atom. The third kappa shape index (κ3) is 7.81. The molecule has 2 aromatic rings. The van der Waals surface area contributed by atoms with Crippen LogP contribution < -0.4 is 21.7 Å². The molecule has 0 aliphatic rings. The monoisotopic (exact) mass is 487 g/mol. The first-order chi connectivity index (χ1) is 16.4. The predicted octanol–water partition coefficient (Wildman–Crippen LogP) is 1.30.